The molecule has 0 radical (unpaired) electrons. The Morgan fingerprint density at radius 1 is 1.50 bits per heavy atom. The second-order valence-corrected chi connectivity index (χ2v) is 3.58. The van der Waals surface area contributed by atoms with Crippen LogP contribution in [0.3, 0.4) is 0 Å². The number of nitrogens with two attached hydrogens (primary N) is 1. The van der Waals surface area contributed by atoms with Crippen molar-refractivity contribution >= 4 is 11.9 Å². The minimum atomic E-state index is -1.27. The first-order valence-corrected chi connectivity index (χ1v) is 5.30. The number of amides is 1. The van der Waals surface area contributed by atoms with Crippen molar-refractivity contribution in [2.45, 2.75) is 26.2 Å². The maximum absolute atomic E-state index is 10.4. The molecule has 4 heteroatoms. The van der Waals surface area contributed by atoms with Gasteiger partial charge in [-0.2, -0.15) is 4.99 Å². The second kappa shape index (κ2) is 5.90. The van der Waals surface area contributed by atoms with Crippen LogP contribution in [-0.4, -0.2) is 17.0 Å². The molecule has 0 saturated carbocycles. The van der Waals surface area contributed by atoms with E-state index in [1.54, 1.807) is 6.07 Å². The van der Waals surface area contributed by atoms with Gasteiger partial charge in [-0.15, -0.1) is 0 Å². The summed E-state index contributed by atoms with van der Waals surface area (Å²) in [6.07, 6.45) is 1.95. The van der Waals surface area contributed by atoms with Gasteiger partial charge in [-0.25, -0.2) is 4.79 Å². The Morgan fingerprint density at radius 3 is 2.88 bits per heavy atom. The molecule has 0 saturated heterocycles. The van der Waals surface area contributed by atoms with Gasteiger partial charge in [0.2, 0.25) is 0 Å². The zero-order valence-corrected chi connectivity index (χ0v) is 9.31. The monoisotopic (exact) mass is 220 g/mol. The van der Waals surface area contributed by atoms with Gasteiger partial charge < -0.3 is 10.8 Å². The van der Waals surface area contributed by atoms with Crippen LogP contribution >= 0.6 is 0 Å². The van der Waals surface area contributed by atoms with Crippen molar-refractivity contribution in [1.29, 1.82) is 0 Å². The van der Waals surface area contributed by atoms with Crippen LogP contribution in [0.15, 0.2) is 29.3 Å². The second-order valence-electron chi connectivity index (χ2n) is 3.58. The van der Waals surface area contributed by atoms with E-state index in [1.807, 2.05) is 18.2 Å². The minimum absolute atomic E-state index is 0.0471. The molecular weight excluding hydrogens is 204 g/mol. The first-order valence-electron chi connectivity index (χ1n) is 5.30. The standard InChI is InChI=1S/C12H16N2O2/c1-2-3-5-9-6-4-7-10(8-9)11(13)14-12(15)16/h4,6-8H,2-3,5H2,1H3,(H2,13,14)(H,15,16). The molecule has 0 atom stereocenters. The molecule has 1 amide bonds. The highest BCUT2D eigenvalue weighted by Gasteiger charge is 2.02. The van der Waals surface area contributed by atoms with E-state index < -0.39 is 6.09 Å². The number of aryl methyl sites for hydroxylation is 1. The molecule has 1 rings (SSSR count). The zero-order valence-electron chi connectivity index (χ0n) is 9.31. The quantitative estimate of drug-likeness (QED) is 0.604. The molecule has 0 spiro atoms. The molecule has 0 bridgehead atoms. The van der Waals surface area contributed by atoms with E-state index in [2.05, 4.69) is 11.9 Å². The Bertz CT molecular complexity index is 400. The summed E-state index contributed by atoms with van der Waals surface area (Å²) in [6.45, 7) is 2.13. The van der Waals surface area contributed by atoms with Crippen LogP contribution in [0.4, 0.5) is 4.79 Å². The first kappa shape index (κ1) is 12.2. The Kier molecular flexibility index (Phi) is 4.51. The molecule has 0 heterocycles. The van der Waals surface area contributed by atoms with Crippen molar-refractivity contribution in [1.82, 2.24) is 0 Å². The third-order valence-electron chi connectivity index (χ3n) is 2.26. The van der Waals surface area contributed by atoms with Crippen LogP contribution in [0.5, 0.6) is 0 Å². The van der Waals surface area contributed by atoms with Gasteiger partial charge in [0.25, 0.3) is 0 Å². The van der Waals surface area contributed by atoms with Gasteiger partial charge in [-0.1, -0.05) is 31.5 Å². The van der Waals surface area contributed by atoms with E-state index in [-0.39, 0.29) is 5.84 Å². The fourth-order valence-corrected chi connectivity index (χ4v) is 1.43. The third kappa shape index (κ3) is 3.73. The number of amidine groups is 1. The number of aliphatic imine (C=N–C) groups is 1. The van der Waals surface area contributed by atoms with E-state index >= 15 is 0 Å². The molecule has 0 fully saturated rings. The van der Waals surface area contributed by atoms with Crippen LogP contribution in [0.2, 0.25) is 0 Å². The van der Waals surface area contributed by atoms with Crippen LogP contribution in [0, 0.1) is 0 Å². The maximum atomic E-state index is 10.4. The fourth-order valence-electron chi connectivity index (χ4n) is 1.43. The molecule has 0 aliphatic carbocycles. The topological polar surface area (TPSA) is 75.7 Å². The largest absolute Gasteiger partial charge is 0.463 e. The van der Waals surface area contributed by atoms with Crippen molar-refractivity contribution in [2.24, 2.45) is 10.7 Å². The maximum Gasteiger partial charge on any atom is 0.433 e. The van der Waals surface area contributed by atoms with Crippen LogP contribution in [0.25, 0.3) is 0 Å². The average Bonchev–Trinajstić information content (AvgIpc) is 2.26. The number of hydrogen-bond donors (Lipinski definition) is 2. The highest BCUT2D eigenvalue weighted by molar-refractivity contribution is 6.02. The molecule has 0 aliphatic rings. The smallest absolute Gasteiger partial charge is 0.433 e. The van der Waals surface area contributed by atoms with E-state index in [4.69, 9.17) is 10.8 Å². The van der Waals surface area contributed by atoms with Gasteiger partial charge in [0.05, 0.1) is 0 Å². The molecule has 1 aromatic carbocycles. The van der Waals surface area contributed by atoms with Crippen LogP contribution in [0.1, 0.15) is 30.9 Å². The molecule has 16 heavy (non-hydrogen) atoms. The highest BCUT2D eigenvalue weighted by Crippen LogP contribution is 2.08. The summed E-state index contributed by atoms with van der Waals surface area (Å²) in [7, 11) is 0. The van der Waals surface area contributed by atoms with Crippen molar-refractivity contribution in [3.8, 4) is 0 Å². The molecule has 0 unspecified atom stereocenters. The number of carbonyl (C=O) groups is 1. The first-order chi connectivity index (χ1) is 7.63. The van der Waals surface area contributed by atoms with Crippen molar-refractivity contribution in [3.63, 3.8) is 0 Å². The third-order valence-corrected chi connectivity index (χ3v) is 2.26. The normalized spacial score (nSPS) is 11.4. The van der Waals surface area contributed by atoms with Crippen molar-refractivity contribution in [2.75, 3.05) is 0 Å². The van der Waals surface area contributed by atoms with E-state index in [1.165, 1.54) is 0 Å². The lowest BCUT2D eigenvalue weighted by atomic mass is 10.1. The highest BCUT2D eigenvalue weighted by atomic mass is 16.4. The van der Waals surface area contributed by atoms with Gasteiger partial charge in [0, 0.05) is 5.56 Å². The summed E-state index contributed by atoms with van der Waals surface area (Å²) in [6, 6.07) is 7.52. The van der Waals surface area contributed by atoms with E-state index in [9.17, 15) is 4.79 Å². The van der Waals surface area contributed by atoms with Crippen LogP contribution < -0.4 is 5.73 Å². The number of carboxylic acid groups (broad SMARTS) is 1. The minimum Gasteiger partial charge on any atom is -0.463 e. The number of unbranched alkanes of at least 4 members (excludes halogenated alkanes) is 1. The Balaban J connectivity index is 2.85. The molecule has 86 valence electrons. The molecule has 1 aromatic rings. The predicted molar refractivity (Wildman–Crippen MR) is 63.8 cm³/mol. The summed E-state index contributed by atoms with van der Waals surface area (Å²) >= 11 is 0. The fraction of sp³-hybridized carbons (Fsp3) is 0.333. The van der Waals surface area contributed by atoms with Crippen molar-refractivity contribution < 1.29 is 9.90 Å². The summed E-state index contributed by atoms with van der Waals surface area (Å²) < 4.78 is 0. The summed E-state index contributed by atoms with van der Waals surface area (Å²) in [5, 5.41) is 8.49. The van der Waals surface area contributed by atoms with E-state index in [0.29, 0.717) is 5.56 Å². The average molecular weight is 220 g/mol. The van der Waals surface area contributed by atoms with Gasteiger partial charge >= 0.3 is 6.09 Å². The molecular formula is C12H16N2O2. The predicted octanol–water partition coefficient (Wildman–Crippen LogP) is 2.41. The number of benzene rings is 1. The van der Waals surface area contributed by atoms with Gasteiger partial charge in [0.15, 0.2) is 0 Å². The SMILES string of the molecule is CCCCc1cccc(/C(N)=N/C(=O)O)c1. The van der Waals surface area contributed by atoms with Crippen molar-refractivity contribution in [3.05, 3.63) is 35.4 Å². The Labute approximate surface area is 94.8 Å². The Morgan fingerprint density at radius 2 is 2.25 bits per heavy atom. The molecule has 4 nitrogen and oxygen atoms in total. The van der Waals surface area contributed by atoms with Gasteiger partial charge in [0.1, 0.15) is 5.84 Å². The number of rotatable bonds is 4. The zero-order chi connectivity index (χ0) is 12.0. The van der Waals surface area contributed by atoms with Crippen LogP contribution in [-0.2, 0) is 6.42 Å². The number of nitrogens with zero attached hydrogens (tertiary/aromatic N) is 1. The lowest BCUT2D eigenvalue weighted by Crippen LogP contribution is -2.15. The van der Waals surface area contributed by atoms with E-state index in [0.717, 1.165) is 24.8 Å². The number of hydrogen-bond acceptors (Lipinski definition) is 1. The molecule has 3 N–H and O–H groups in total. The summed E-state index contributed by atoms with van der Waals surface area (Å²) in [5.74, 6) is 0.0471. The molecule has 0 aliphatic heterocycles. The van der Waals surface area contributed by atoms with Gasteiger partial charge in [-0.05, 0) is 24.5 Å². The van der Waals surface area contributed by atoms with Gasteiger partial charge in [-0.3, -0.25) is 0 Å². The lowest BCUT2D eigenvalue weighted by Gasteiger charge is -2.03. The summed E-state index contributed by atoms with van der Waals surface area (Å²) in [4.78, 5) is 13.7. The summed E-state index contributed by atoms with van der Waals surface area (Å²) in [5.41, 5.74) is 7.38. The Hall–Kier alpha value is -1.84. The molecule has 0 aromatic heterocycles. The lowest BCUT2D eigenvalue weighted by molar-refractivity contribution is 0.205.